The number of halogens is 3. The van der Waals surface area contributed by atoms with Crippen LogP contribution in [0, 0.1) is 29.4 Å². The average molecular weight is 336 g/mol. The smallest absolute Gasteiger partial charge is 0.159 e. The molecule has 2 saturated carbocycles. The summed E-state index contributed by atoms with van der Waals surface area (Å²) in [5, 5.41) is 0. The second-order valence-corrected chi connectivity index (χ2v) is 7.66. The molecule has 0 nitrogen and oxygen atoms in total. The summed E-state index contributed by atoms with van der Waals surface area (Å²) in [6.07, 6.45) is 12.7. The van der Waals surface area contributed by atoms with E-state index in [0.717, 1.165) is 36.7 Å². The molecule has 0 bridgehead atoms. The summed E-state index contributed by atoms with van der Waals surface area (Å²) in [5.74, 6) is 1.14. The van der Waals surface area contributed by atoms with E-state index in [1.54, 1.807) is 12.1 Å². The normalized spacial score (nSPS) is 31.5. The van der Waals surface area contributed by atoms with Gasteiger partial charge in [-0.05, 0) is 99.2 Å². The first kappa shape index (κ1) is 17.6. The van der Waals surface area contributed by atoms with Gasteiger partial charge in [0, 0.05) is 0 Å². The van der Waals surface area contributed by atoms with Crippen molar-refractivity contribution in [3.8, 4) is 0 Å². The van der Waals surface area contributed by atoms with Crippen LogP contribution in [0.15, 0.2) is 30.6 Å². The average Bonchev–Trinajstić information content (AvgIpc) is 2.63. The lowest BCUT2D eigenvalue weighted by Gasteiger charge is -2.38. The molecule has 0 amide bonds. The molecule has 1 aromatic rings. The Bertz CT molecular complexity index is 550. The van der Waals surface area contributed by atoms with E-state index in [-0.39, 0.29) is 0 Å². The molecule has 3 rings (SSSR count). The third-order valence-corrected chi connectivity index (χ3v) is 6.30. The van der Waals surface area contributed by atoms with Crippen molar-refractivity contribution in [1.82, 2.24) is 0 Å². The van der Waals surface area contributed by atoms with Gasteiger partial charge in [-0.25, -0.2) is 13.2 Å². The summed E-state index contributed by atoms with van der Waals surface area (Å²) in [6.45, 7) is 0. The molecular weight excluding hydrogens is 309 g/mol. The molecule has 2 fully saturated rings. The topological polar surface area (TPSA) is 0 Å². The van der Waals surface area contributed by atoms with Gasteiger partial charge in [-0.15, -0.1) is 0 Å². The standard InChI is InChI=1S/C21H27F3/c22-13-1-2-15-3-5-16(6-4-15)17-7-9-18(10-8-17)19-11-12-20(23)21(24)14-19/h1,11-18H,2-10H2. The Labute approximate surface area is 143 Å². The van der Waals surface area contributed by atoms with Crippen LogP contribution in [0.3, 0.4) is 0 Å². The van der Waals surface area contributed by atoms with Gasteiger partial charge in [0.1, 0.15) is 0 Å². The maximum absolute atomic E-state index is 13.4. The Morgan fingerprint density at radius 2 is 1.46 bits per heavy atom. The third-order valence-electron chi connectivity index (χ3n) is 6.30. The van der Waals surface area contributed by atoms with Crippen LogP contribution < -0.4 is 0 Å². The van der Waals surface area contributed by atoms with Crippen molar-refractivity contribution in [2.75, 3.05) is 0 Å². The lowest BCUT2D eigenvalue weighted by atomic mass is 9.68. The SMILES string of the molecule is FC=CCC1CCC(C2CCC(c3ccc(F)c(F)c3)CC2)CC1. The molecule has 1 aromatic carbocycles. The van der Waals surface area contributed by atoms with Crippen LogP contribution in [0.2, 0.25) is 0 Å². The fourth-order valence-corrected chi connectivity index (χ4v) is 4.83. The van der Waals surface area contributed by atoms with E-state index in [9.17, 15) is 13.2 Å². The molecule has 2 aliphatic rings. The van der Waals surface area contributed by atoms with Crippen molar-refractivity contribution in [3.05, 3.63) is 47.8 Å². The fraction of sp³-hybridized carbons (Fsp3) is 0.619. The molecule has 0 atom stereocenters. The Morgan fingerprint density at radius 1 is 0.833 bits per heavy atom. The minimum atomic E-state index is -0.758. The zero-order valence-electron chi connectivity index (χ0n) is 14.2. The molecule has 0 unspecified atom stereocenters. The highest BCUT2D eigenvalue weighted by Crippen LogP contribution is 2.44. The number of hydrogen-bond acceptors (Lipinski definition) is 0. The van der Waals surface area contributed by atoms with Gasteiger partial charge in [0.25, 0.3) is 0 Å². The Morgan fingerprint density at radius 3 is 2.04 bits per heavy atom. The molecule has 0 N–H and O–H groups in total. The second-order valence-electron chi connectivity index (χ2n) is 7.66. The zero-order chi connectivity index (χ0) is 16.9. The van der Waals surface area contributed by atoms with Crippen LogP contribution in [0.25, 0.3) is 0 Å². The van der Waals surface area contributed by atoms with Crippen LogP contribution in [-0.2, 0) is 0 Å². The van der Waals surface area contributed by atoms with Crippen molar-refractivity contribution >= 4 is 0 Å². The van der Waals surface area contributed by atoms with Gasteiger partial charge in [0.2, 0.25) is 0 Å². The van der Waals surface area contributed by atoms with Crippen molar-refractivity contribution in [3.63, 3.8) is 0 Å². The largest absolute Gasteiger partial charge is 0.216 e. The second kappa shape index (κ2) is 8.22. The molecule has 0 heterocycles. The van der Waals surface area contributed by atoms with Crippen LogP contribution in [0.5, 0.6) is 0 Å². The van der Waals surface area contributed by atoms with E-state index in [4.69, 9.17) is 0 Å². The van der Waals surface area contributed by atoms with Crippen LogP contribution in [0.4, 0.5) is 13.2 Å². The molecule has 3 heteroatoms. The van der Waals surface area contributed by atoms with Crippen LogP contribution in [-0.4, -0.2) is 0 Å². The number of allylic oxidation sites excluding steroid dienone is 1. The summed E-state index contributed by atoms with van der Waals surface area (Å²) < 4.78 is 38.6. The summed E-state index contributed by atoms with van der Waals surface area (Å²) in [4.78, 5) is 0. The van der Waals surface area contributed by atoms with Crippen molar-refractivity contribution in [2.24, 2.45) is 17.8 Å². The first-order chi connectivity index (χ1) is 11.7. The Hall–Kier alpha value is -1.25. The predicted octanol–water partition coefficient (Wildman–Crippen LogP) is 6.92. The van der Waals surface area contributed by atoms with Crippen LogP contribution >= 0.6 is 0 Å². The molecule has 0 aliphatic heterocycles. The highest BCUT2D eigenvalue weighted by atomic mass is 19.2. The minimum absolute atomic E-state index is 0.377. The van der Waals surface area contributed by atoms with Gasteiger partial charge in [0.15, 0.2) is 11.6 Å². The van der Waals surface area contributed by atoms with Crippen molar-refractivity contribution in [1.29, 1.82) is 0 Å². The quantitative estimate of drug-likeness (QED) is 0.560. The minimum Gasteiger partial charge on any atom is -0.216 e. The molecule has 0 saturated heterocycles. The highest BCUT2D eigenvalue weighted by Gasteiger charge is 2.31. The first-order valence-electron chi connectivity index (χ1n) is 9.37. The summed E-state index contributed by atoms with van der Waals surface area (Å²) >= 11 is 0. The Kier molecular flexibility index (Phi) is 6.02. The molecular formula is C21H27F3. The zero-order valence-corrected chi connectivity index (χ0v) is 14.2. The van der Waals surface area contributed by atoms with Crippen LogP contribution in [0.1, 0.15) is 69.3 Å². The highest BCUT2D eigenvalue weighted by molar-refractivity contribution is 5.22. The lowest BCUT2D eigenvalue weighted by Crippen LogP contribution is -2.25. The molecule has 2 aliphatic carbocycles. The number of hydrogen-bond donors (Lipinski definition) is 0. The van der Waals surface area contributed by atoms with Gasteiger partial charge in [-0.3, -0.25) is 0 Å². The summed E-state index contributed by atoms with van der Waals surface area (Å²) in [6, 6.07) is 4.38. The maximum Gasteiger partial charge on any atom is 0.159 e. The third kappa shape index (κ3) is 4.23. The van der Waals surface area contributed by atoms with Gasteiger partial charge < -0.3 is 0 Å². The lowest BCUT2D eigenvalue weighted by molar-refractivity contribution is 0.160. The van der Waals surface area contributed by atoms with Crippen molar-refractivity contribution in [2.45, 2.75) is 63.7 Å². The van der Waals surface area contributed by atoms with Gasteiger partial charge in [-0.2, -0.15) is 0 Å². The van der Waals surface area contributed by atoms with Gasteiger partial charge >= 0.3 is 0 Å². The fourth-order valence-electron chi connectivity index (χ4n) is 4.83. The predicted molar refractivity (Wildman–Crippen MR) is 91.4 cm³/mol. The molecule has 0 radical (unpaired) electrons. The summed E-state index contributed by atoms with van der Waals surface area (Å²) in [7, 11) is 0. The summed E-state index contributed by atoms with van der Waals surface area (Å²) in [5.41, 5.74) is 0.953. The number of rotatable bonds is 4. The van der Waals surface area contributed by atoms with E-state index in [1.165, 1.54) is 50.7 Å². The first-order valence-corrected chi connectivity index (χ1v) is 9.37. The molecule has 24 heavy (non-hydrogen) atoms. The van der Waals surface area contributed by atoms with Gasteiger partial charge in [0.05, 0.1) is 6.33 Å². The van der Waals surface area contributed by atoms with E-state index in [0.29, 0.717) is 18.2 Å². The van der Waals surface area contributed by atoms with E-state index in [1.807, 2.05) is 0 Å². The monoisotopic (exact) mass is 336 g/mol. The van der Waals surface area contributed by atoms with E-state index < -0.39 is 11.6 Å². The van der Waals surface area contributed by atoms with Gasteiger partial charge in [-0.1, -0.05) is 12.1 Å². The van der Waals surface area contributed by atoms with E-state index >= 15 is 0 Å². The Balaban J connectivity index is 1.48. The molecule has 0 aromatic heterocycles. The molecule has 0 spiro atoms. The van der Waals surface area contributed by atoms with E-state index in [2.05, 4.69) is 0 Å². The number of benzene rings is 1. The molecule has 132 valence electrons. The van der Waals surface area contributed by atoms with Crippen molar-refractivity contribution < 1.29 is 13.2 Å². The maximum atomic E-state index is 13.4.